The summed E-state index contributed by atoms with van der Waals surface area (Å²) < 4.78 is 19.8. The summed E-state index contributed by atoms with van der Waals surface area (Å²) in [6, 6.07) is 55.1. The number of alkyl carbamates (subject to hydrolysis) is 1. The third-order valence-corrected chi connectivity index (χ3v) is 12.6. The number of unbranched alkanes of at least 4 members (excludes halogenated alkanes) is 11. The highest BCUT2D eigenvalue weighted by molar-refractivity contribution is 5.89. The van der Waals surface area contributed by atoms with E-state index >= 15 is 0 Å². The number of amides is 1. The fourth-order valence-corrected chi connectivity index (χ4v) is 9.17. The van der Waals surface area contributed by atoms with Crippen molar-refractivity contribution in [3.8, 4) is 11.1 Å². The van der Waals surface area contributed by atoms with Crippen LogP contribution in [0.5, 0.6) is 0 Å². The first-order valence-corrected chi connectivity index (χ1v) is 23.9. The zero-order chi connectivity index (χ0) is 44.9. The highest BCUT2D eigenvalue weighted by atomic mass is 16.6. The van der Waals surface area contributed by atoms with E-state index in [0.29, 0.717) is 5.56 Å². The van der Waals surface area contributed by atoms with Crippen molar-refractivity contribution in [3.05, 3.63) is 215 Å². The van der Waals surface area contributed by atoms with Gasteiger partial charge in [-0.15, -0.1) is 0 Å². The Bertz CT molecular complexity index is 2220. The topological polar surface area (TPSA) is 73.9 Å². The van der Waals surface area contributed by atoms with Gasteiger partial charge in [-0.1, -0.05) is 235 Å². The van der Waals surface area contributed by atoms with Crippen molar-refractivity contribution in [1.29, 1.82) is 0 Å². The molecule has 1 amide bonds. The molecule has 1 N–H and O–H groups in total. The molecule has 0 heterocycles. The maximum absolute atomic E-state index is 14.3. The van der Waals surface area contributed by atoms with Gasteiger partial charge in [-0.05, 0) is 70.0 Å². The van der Waals surface area contributed by atoms with E-state index in [1.54, 1.807) is 12.1 Å². The minimum atomic E-state index is -1.09. The smallest absolute Gasteiger partial charge is 0.407 e. The molecule has 0 aromatic heterocycles. The van der Waals surface area contributed by atoms with E-state index in [4.69, 9.17) is 14.2 Å². The molecular weight excluding hydrogens is 803 g/mol. The fraction of sp³-hybridized carbons (Fsp3) is 0.322. The summed E-state index contributed by atoms with van der Waals surface area (Å²) in [5.74, 6) is -0.614. The first kappa shape index (κ1) is 46.7. The van der Waals surface area contributed by atoms with Crippen molar-refractivity contribution in [3.63, 3.8) is 0 Å². The third kappa shape index (κ3) is 12.5. The van der Waals surface area contributed by atoms with Crippen LogP contribution in [0.3, 0.4) is 0 Å². The summed E-state index contributed by atoms with van der Waals surface area (Å²) in [5.41, 5.74) is 6.64. The van der Waals surface area contributed by atoms with E-state index in [2.05, 4.69) is 79.0 Å². The highest BCUT2D eigenvalue weighted by Crippen LogP contribution is 2.45. The lowest BCUT2D eigenvalue weighted by Gasteiger charge is -2.38. The molecule has 1 aliphatic rings. The predicted molar refractivity (Wildman–Crippen MR) is 263 cm³/mol. The zero-order valence-electron chi connectivity index (χ0n) is 38.0. The number of hydrogen-bond donors (Lipinski definition) is 1. The maximum atomic E-state index is 14.3. The largest absolute Gasteiger partial charge is 0.452 e. The van der Waals surface area contributed by atoms with Gasteiger partial charge in [0.25, 0.3) is 0 Å². The van der Waals surface area contributed by atoms with Gasteiger partial charge in [-0.3, -0.25) is 0 Å². The van der Waals surface area contributed by atoms with E-state index in [0.717, 1.165) is 58.2 Å². The van der Waals surface area contributed by atoms with Gasteiger partial charge in [0.1, 0.15) is 18.3 Å². The number of nitrogens with one attached hydrogen (secondary N) is 1. The number of allylic oxidation sites excluding steroid dienone is 1. The standard InChI is InChI=1S/C59H65NO5/c1-2-3-4-5-6-7-8-9-10-11-12-13-26-43-56(65-57(61)46-31-18-14-19-32-46)55(60-58(62)63-44-54-52-41-29-27-39-50(52)51-40-28-30-42-53(51)54)45-64-59(47-33-20-15-21-34-47,48-35-22-16-23-36-48)49-37-24-17-25-38-49/h14-43,54-56H,2-13,44-45H2,1H3,(H,60,62)/b43-26+/t55-,56?/m1/s1. The number of hydrogen-bond acceptors (Lipinski definition) is 5. The molecule has 65 heavy (non-hydrogen) atoms. The lowest BCUT2D eigenvalue weighted by molar-refractivity contribution is -0.0244. The molecule has 0 radical (unpaired) electrons. The molecule has 6 aromatic carbocycles. The summed E-state index contributed by atoms with van der Waals surface area (Å²) in [4.78, 5) is 28.2. The van der Waals surface area contributed by atoms with Gasteiger partial charge in [-0.2, -0.15) is 0 Å². The lowest BCUT2D eigenvalue weighted by Crippen LogP contribution is -2.49. The van der Waals surface area contributed by atoms with Crippen LogP contribution in [-0.4, -0.2) is 37.4 Å². The zero-order valence-corrected chi connectivity index (χ0v) is 38.0. The molecule has 1 unspecified atom stereocenters. The number of ether oxygens (including phenoxy) is 3. The average Bonchev–Trinajstić information content (AvgIpc) is 3.68. The Balaban J connectivity index is 1.15. The maximum Gasteiger partial charge on any atom is 0.407 e. The molecule has 0 aliphatic heterocycles. The molecule has 0 spiro atoms. The van der Waals surface area contributed by atoms with Crippen LogP contribution in [0.4, 0.5) is 4.79 Å². The van der Waals surface area contributed by atoms with Gasteiger partial charge < -0.3 is 19.5 Å². The molecule has 0 bridgehead atoms. The monoisotopic (exact) mass is 867 g/mol. The van der Waals surface area contributed by atoms with E-state index in [-0.39, 0.29) is 19.1 Å². The van der Waals surface area contributed by atoms with Crippen LogP contribution in [-0.2, 0) is 19.8 Å². The first-order chi connectivity index (χ1) is 32.1. The van der Waals surface area contributed by atoms with Crippen LogP contribution in [0, 0.1) is 0 Å². The van der Waals surface area contributed by atoms with E-state index in [1.165, 1.54) is 57.8 Å². The van der Waals surface area contributed by atoms with E-state index in [9.17, 15) is 9.59 Å². The van der Waals surface area contributed by atoms with Gasteiger partial charge >= 0.3 is 12.1 Å². The number of esters is 1. The molecule has 6 nitrogen and oxygen atoms in total. The van der Waals surface area contributed by atoms with Gasteiger partial charge in [0.15, 0.2) is 0 Å². The molecule has 1 aliphatic carbocycles. The Morgan fingerprint density at radius 2 is 1.02 bits per heavy atom. The fourth-order valence-electron chi connectivity index (χ4n) is 9.17. The number of rotatable bonds is 25. The van der Waals surface area contributed by atoms with Crippen LogP contribution in [0.25, 0.3) is 11.1 Å². The van der Waals surface area contributed by atoms with Crippen LogP contribution in [0.15, 0.2) is 182 Å². The molecule has 6 heteroatoms. The SMILES string of the molecule is CCCCCCCCCCCCC/C=C/C(OC(=O)c1ccccc1)[C@@H](COC(c1ccccc1)(c1ccccc1)c1ccccc1)NC(=O)OCC1c2ccccc2-c2ccccc21. The van der Waals surface area contributed by atoms with Crippen LogP contribution < -0.4 is 5.32 Å². The Hall–Kier alpha value is -6.24. The number of benzene rings is 6. The number of carbonyl (C=O) groups is 2. The normalized spacial score (nSPS) is 13.2. The molecule has 0 saturated heterocycles. The van der Waals surface area contributed by atoms with Crippen molar-refractivity contribution in [2.75, 3.05) is 13.2 Å². The summed E-state index contributed by atoms with van der Waals surface area (Å²) in [6.45, 7) is 2.37. The molecule has 6 aromatic rings. The number of fused-ring (bicyclic) bond motifs is 3. The quantitative estimate of drug-likeness (QED) is 0.0268. The second-order valence-corrected chi connectivity index (χ2v) is 17.2. The minimum absolute atomic E-state index is 0.0294. The molecule has 0 saturated carbocycles. The number of carbonyl (C=O) groups excluding carboxylic acids is 2. The lowest BCUT2D eigenvalue weighted by atomic mass is 9.80. The summed E-state index contributed by atoms with van der Waals surface area (Å²) in [5, 5.41) is 3.15. The average molecular weight is 868 g/mol. The molecule has 0 fully saturated rings. The minimum Gasteiger partial charge on any atom is -0.452 e. The Labute approximate surface area is 387 Å². The van der Waals surface area contributed by atoms with Crippen LogP contribution >= 0.6 is 0 Å². The van der Waals surface area contributed by atoms with Crippen LogP contribution in [0.1, 0.15) is 128 Å². The van der Waals surface area contributed by atoms with E-state index in [1.807, 2.05) is 103 Å². The molecule has 336 valence electrons. The predicted octanol–water partition coefficient (Wildman–Crippen LogP) is 14.4. The van der Waals surface area contributed by atoms with Gasteiger partial charge in [0.2, 0.25) is 0 Å². The Kier molecular flexibility index (Phi) is 17.8. The summed E-state index contributed by atoms with van der Waals surface area (Å²) >= 11 is 0. The third-order valence-electron chi connectivity index (χ3n) is 12.6. The van der Waals surface area contributed by atoms with Gasteiger partial charge in [0.05, 0.1) is 18.2 Å². The van der Waals surface area contributed by atoms with Crippen molar-refractivity contribution in [2.24, 2.45) is 0 Å². The van der Waals surface area contributed by atoms with Crippen molar-refractivity contribution in [2.45, 2.75) is 108 Å². The molecular formula is C59H65NO5. The van der Waals surface area contributed by atoms with E-state index < -0.39 is 29.8 Å². The summed E-state index contributed by atoms with van der Waals surface area (Å²) in [7, 11) is 0. The highest BCUT2D eigenvalue weighted by Gasteiger charge is 2.40. The second-order valence-electron chi connectivity index (χ2n) is 17.2. The van der Waals surface area contributed by atoms with Crippen LogP contribution in [0.2, 0.25) is 0 Å². The summed E-state index contributed by atoms with van der Waals surface area (Å²) in [6.07, 6.45) is 17.2. The van der Waals surface area contributed by atoms with Crippen molar-refractivity contribution < 1.29 is 23.8 Å². The van der Waals surface area contributed by atoms with Crippen molar-refractivity contribution in [1.82, 2.24) is 5.32 Å². The Morgan fingerprint density at radius 3 is 1.52 bits per heavy atom. The first-order valence-electron chi connectivity index (χ1n) is 23.9. The molecule has 2 atom stereocenters. The second kappa shape index (κ2) is 24.7. The molecule has 7 rings (SSSR count). The van der Waals surface area contributed by atoms with Gasteiger partial charge in [-0.25, -0.2) is 9.59 Å². The van der Waals surface area contributed by atoms with Gasteiger partial charge in [0, 0.05) is 5.92 Å². The Morgan fingerprint density at radius 1 is 0.569 bits per heavy atom. The van der Waals surface area contributed by atoms with Crippen molar-refractivity contribution >= 4 is 12.1 Å².